The average molecular weight is 359 g/mol. The Bertz CT molecular complexity index is 750. The first-order chi connectivity index (χ1) is 10.7. The molecule has 0 spiro atoms. The summed E-state index contributed by atoms with van der Waals surface area (Å²) in [5.41, 5.74) is 2.30. The molecule has 0 bridgehead atoms. The van der Waals surface area contributed by atoms with Crippen LogP contribution in [0.15, 0.2) is 52.5 Å². The molecule has 0 saturated carbocycles. The van der Waals surface area contributed by atoms with Crippen LogP contribution in [0.4, 0.5) is 0 Å². The number of hydrogen-bond donors (Lipinski definition) is 0. The fraction of sp³-hybridized carbons (Fsp3) is 0.167. The summed E-state index contributed by atoms with van der Waals surface area (Å²) in [7, 11) is 1.63. The summed E-state index contributed by atoms with van der Waals surface area (Å²) in [6.07, 6.45) is 2.49. The van der Waals surface area contributed by atoms with E-state index in [1.54, 1.807) is 13.2 Å². The molecule has 3 rings (SSSR count). The van der Waals surface area contributed by atoms with E-state index in [0.29, 0.717) is 24.3 Å². The van der Waals surface area contributed by atoms with Crippen LogP contribution in [0, 0.1) is 0 Å². The minimum absolute atomic E-state index is 0.0165. The van der Waals surface area contributed by atoms with Gasteiger partial charge in [0.1, 0.15) is 11.5 Å². The van der Waals surface area contributed by atoms with Crippen molar-refractivity contribution in [2.45, 2.75) is 6.42 Å². The number of ketones is 1. The molecule has 1 aliphatic rings. The van der Waals surface area contributed by atoms with E-state index in [1.807, 2.05) is 42.5 Å². The van der Waals surface area contributed by atoms with Gasteiger partial charge in [0.05, 0.1) is 19.3 Å². The van der Waals surface area contributed by atoms with Gasteiger partial charge in [0, 0.05) is 16.5 Å². The van der Waals surface area contributed by atoms with E-state index in [9.17, 15) is 4.79 Å². The highest BCUT2D eigenvalue weighted by Crippen LogP contribution is 2.30. The van der Waals surface area contributed by atoms with Crippen molar-refractivity contribution in [3.8, 4) is 11.5 Å². The van der Waals surface area contributed by atoms with Crippen molar-refractivity contribution in [1.82, 2.24) is 0 Å². The van der Waals surface area contributed by atoms with E-state index in [0.717, 1.165) is 21.4 Å². The average Bonchev–Trinajstić information content (AvgIpc) is 2.67. The minimum atomic E-state index is 0.0165. The largest absolute Gasteiger partial charge is 0.497 e. The van der Waals surface area contributed by atoms with Gasteiger partial charge in [0.25, 0.3) is 0 Å². The zero-order valence-electron chi connectivity index (χ0n) is 12.1. The van der Waals surface area contributed by atoms with Crippen LogP contribution in [-0.4, -0.2) is 19.5 Å². The lowest BCUT2D eigenvalue weighted by Gasteiger charge is -2.05. The summed E-state index contributed by atoms with van der Waals surface area (Å²) in [5, 5.41) is 0. The molecule has 3 nitrogen and oxygen atoms in total. The monoisotopic (exact) mass is 358 g/mol. The maximum Gasteiger partial charge on any atom is 0.192 e. The molecule has 1 aliphatic heterocycles. The number of carbonyl (C=O) groups is 1. The molecular formula is C18H15BrO3. The smallest absolute Gasteiger partial charge is 0.192 e. The third kappa shape index (κ3) is 3.07. The Morgan fingerprint density at radius 2 is 2.09 bits per heavy atom. The van der Waals surface area contributed by atoms with Gasteiger partial charge < -0.3 is 9.47 Å². The number of halogens is 1. The number of carbonyl (C=O) groups excluding carboxylic acids is 1. The quantitative estimate of drug-likeness (QED) is 0.741. The van der Waals surface area contributed by atoms with E-state index >= 15 is 0 Å². The van der Waals surface area contributed by atoms with Crippen molar-refractivity contribution < 1.29 is 14.3 Å². The predicted molar refractivity (Wildman–Crippen MR) is 89.6 cm³/mol. The number of benzene rings is 2. The van der Waals surface area contributed by atoms with Crippen molar-refractivity contribution in [1.29, 1.82) is 0 Å². The van der Waals surface area contributed by atoms with E-state index in [2.05, 4.69) is 15.9 Å². The summed E-state index contributed by atoms with van der Waals surface area (Å²) in [6, 6.07) is 13.1. The number of ether oxygens (including phenoxy) is 2. The highest BCUT2D eigenvalue weighted by atomic mass is 79.9. The third-order valence-corrected chi connectivity index (χ3v) is 4.04. The highest BCUT2D eigenvalue weighted by molar-refractivity contribution is 9.10. The standard InChI is InChI=1S/C18H15BrO3/c1-21-15-4-2-3-12(10-15)9-13-7-8-22-17-11-14(19)5-6-16(17)18(13)20/h2-6,9-11H,7-8H2,1H3/b13-9+. The molecule has 4 heteroatoms. The molecule has 0 fully saturated rings. The molecule has 0 radical (unpaired) electrons. The Labute approximate surface area is 137 Å². The Morgan fingerprint density at radius 3 is 2.91 bits per heavy atom. The first kappa shape index (κ1) is 14.9. The number of hydrogen-bond acceptors (Lipinski definition) is 3. The van der Waals surface area contributed by atoms with Gasteiger partial charge in [0.15, 0.2) is 5.78 Å². The SMILES string of the molecule is COc1cccc(/C=C2\CCOc3cc(Br)ccc3C2=O)c1. The minimum Gasteiger partial charge on any atom is -0.497 e. The van der Waals surface area contributed by atoms with Gasteiger partial charge in [-0.05, 0) is 42.0 Å². The Balaban J connectivity index is 1.99. The van der Waals surface area contributed by atoms with E-state index in [4.69, 9.17) is 9.47 Å². The number of fused-ring (bicyclic) bond motifs is 1. The van der Waals surface area contributed by atoms with Gasteiger partial charge in [-0.25, -0.2) is 0 Å². The molecule has 0 atom stereocenters. The molecule has 0 saturated heterocycles. The maximum atomic E-state index is 12.7. The van der Waals surface area contributed by atoms with Crippen molar-refractivity contribution in [2.24, 2.45) is 0 Å². The predicted octanol–water partition coefficient (Wildman–Crippen LogP) is 4.51. The number of methoxy groups -OCH3 is 1. The summed E-state index contributed by atoms with van der Waals surface area (Å²) >= 11 is 3.40. The van der Waals surface area contributed by atoms with Gasteiger partial charge in [-0.15, -0.1) is 0 Å². The van der Waals surface area contributed by atoms with E-state index in [-0.39, 0.29) is 5.78 Å². The van der Waals surface area contributed by atoms with Gasteiger partial charge in [-0.1, -0.05) is 28.1 Å². The second-order valence-corrected chi connectivity index (χ2v) is 5.93. The van der Waals surface area contributed by atoms with Crippen LogP contribution >= 0.6 is 15.9 Å². The summed E-state index contributed by atoms with van der Waals surface area (Å²) < 4.78 is 11.8. The second kappa shape index (κ2) is 6.36. The Hall–Kier alpha value is -2.07. The molecule has 0 N–H and O–H groups in total. The summed E-state index contributed by atoms with van der Waals surface area (Å²) in [5.74, 6) is 1.42. The number of rotatable bonds is 2. The lowest BCUT2D eigenvalue weighted by atomic mass is 9.99. The summed E-state index contributed by atoms with van der Waals surface area (Å²) in [6.45, 7) is 0.491. The zero-order chi connectivity index (χ0) is 15.5. The molecule has 0 aromatic heterocycles. The Kier molecular flexibility index (Phi) is 4.29. The molecule has 0 aliphatic carbocycles. The Morgan fingerprint density at radius 1 is 1.23 bits per heavy atom. The van der Waals surface area contributed by atoms with Gasteiger partial charge in [-0.2, -0.15) is 0 Å². The first-order valence-electron chi connectivity index (χ1n) is 6.99. The van der Waals surface area contributed by atoms with Crippen LogP contribution in [-0.2, 0) is 0 Å². The molecule has 2 aromatic carbocycles. The van der Waals surface area contributed by atoms with E-state index in [1.165, 1.54) is 0 Å². The first-order valence-corrected chi connectivity index (χ1v) is 7.78. The fourth-order valence-electron chi connectivity index (χ4n) is 2.43. The van der Waals surface area contributed by atoms with Gasteiger partial charge in [-0.3, -0.25) is 4.79 Å². The molecule has 22 heavy (non-hydrogen) atoms. The van der Waals surface area contributed by atoms with Crippen molar-refractivity contribution >= 4 is 27.8 Å². The maximum absolute atomic E-state index is 12.7. The van der Waals surface area contributed by atoms with Gasteiger partial charge in [0.2, 0.25) is 0 Å². The summed E-state index contributed by atoms with van der Waals surface area (Å²) in [4.78, 5) is 12.7. The lowest BCUT2D eigenvalue weighted by molar-refractivity contribution is 0.103. The lowest BCUT2D eigenvalue weighted by Crippen LogP contribution is -2.02. The van der Waals surface area contributed by atoms with Crippen molar-refractivity contribution in [3.05, 3.63) is 63.6 Å². The van der Waals surface area contributed by atoms with Gasteiger partial charge >= 0.3 is 0 Å². The van der Waals surface area contributed by atoms with Crippen LogP contribution in [0.3, 0.4) is 0 Å². The zero-order valence-corrected chi connectivity index (χ0v) is 13.7. The van der Waals surface area contributed by atoms with Crippen LogP contribution < -0.4 is 9.47 Å². The fourth-order valence-corrected chi connectivity index (χ4v) is 2.77. The van der Waals surface area contributed by atoms with Crippen LogP contribution in [0.1, 0.15) is 22.3 Å². The molecule has 1 heterocycles. The molecule has 2 aromatic rings. The van der Waals surface area contributed by atoms with Crippen LogP contribution in [0.25, 0.3) is 6.08 Å². The van der Waals surface area contributed by atoms with Crippen LogP contribution in [0.5, 0.6) is 11.5 Å². The number of Topliss-reactive ketones (excluding diaryl/α,β-unsaturated/α-hetero) is 1. The molecule has 0 unspecified atom stereocenters. The second-order valence-electron chi connectivity index (χ2n) is 5.01. The van der Waals surface area contributed by atoms with Crippen molar-refractivity contribution in [3.63, 3.8) is 0 Å². The topological polar surface area (TPSA) is 35.5 Å². The molecular weight excluding hydrogens is 344 g/mol. The van der Waals surface area contributed by atoms with Crippen molar-refractivity contribution in [2.75, 3.05) is 13.7 Å². The normalized spacial score (nSPS) is 15.9. The molecule has 112 valence electrons. The van der Waals surface area contributed by atoms with Crippen LogP contribution in [0.2, 0.25) is 0 Å². The highest BCUT2D eigenvalue weighted by Gasteiger charge is 2.21. The van der Waals surface area contributed by atoms with E-state index < -0.39 is 0 Å². The molecule has 0 amide bonds. The third-order valence-electron chi connectivity index (χ3n) is 3.54.